The fourth-order valence-corrected chi connectivity index (χ4v) is 3.54. The van der Waals surface area contributed by atoms with E-state index in [1.165, 1.54) is 21.7 Å². The Hall–Kier alpha value is -1.19. The van der Waals surface area contributed by atoms with E-state index in [2.05, 4.69) is 46.4 Å². The number of benzene rings is 2. The minimum absolute atomic E-state index is 0.139. The van der Waals surface area contributed by atoms with Crippen molar-refractivity contribution in [2.24, 2.45) is 0 Å². The van der Waals surface area contributed by atoms with Crippen molar-refractivity contribution in [3.05, 3.63) is 69.4 Å². The zero-order chi connectivity index (χ0) is 14.1. The van der Waals surface area contributed by atoms with Crippen molar-refractivity contribution in [1.29, 1.82) is 0 Å². The van der Waals surface area contributed by atoms with E-state index in [0.29, 0.717) is 6.04 Å². The molecule has 0 fully saturated rings. The van der Waals surface area contributed by atoms with Gasteiger partial charge in [-0.3, -0.25) is 0 Å². The summed E-state index contributed by atoms with van der Waals surface area (Å²) in [5.74, 6) is -0.175. The van der Waals surface area contributed by atoms with Crippen LogP contribution in [0.4, 0.5) is 4.39 Å². The maximum atomic E-state index is 13.3. The minimum Gasteiger partial charge on any atom is -0.303 e. The van der Waals surface area contributed by atoms with Crippen molar-refractivity contribution in [2.45, 2.75) is 31.8 Å². The third-order valence-corrected chi connectivity index (χ3v) is 4.76. The molecule has 0 saturated heterocycles. The summed E-state index contributed by atoms with van der Waals surface area (Å²) >= 11 is 3.62. The average molecular weight is 334 g/mol. The van der Waals surface area contributed by atoms with Gasteiger partial charge in [-0.1, -0.05) is 40.2 Å². The summed E-state index contributed by atoms with van der Waals surface area (Å²) in [5, 5.41) is 3.62. The summed E-state index contributed by atoms with van der Waals surface area (Å²) < 4.78 is 14.5. The largest absolute Gasteiger partial charge is 0.303 e. The first-order valence-corrected chi connectivity index (χ1v) is 7.73. The Kier molecular flexibility index (Phi) is 3.90. The van der Waals surface area contributed by atoms with Crippen molar-refractivity contribution >= 4 is 15.9 Å². The molecule has 2 aromatic carbocycles. The van der Waals surface area contributed by atoms with Crippen molar-refractivity contribution in [1.82, 2.24) is 5.32 Å². The Morgan fingerprint density at radius 3 is 2.85 bits per heavy atom. The first kappa shape index (κ1) is 13.8. The van der Waals surface area contributed by atoms with E-state index in [9.17, 15) is 4.39 Å². The van der Waals surface area contributed by atoms with Gasteiger partial charge >= 0.3 is 0 Å². The van der Waals surface area contributed by atoms with Crippen LogP contribution in [0.5, 0.6) is 0 Å². The van der Waals surface area contributed by atoms with E-state index in [4.69, 9.17) is 0 Å². The molecule has 0 amide bonds. The van der Waals surface area contributed by atoms with Gasteiger partial charge in [0.05, 0.1) is 0 Å². The number of rotatable bonds is 3. The molecule has 0 heterocycles. The molecule has 1 aliphatic carbocycles. The molecule has 104 valence electrons. The Balaban J connectivity index is 1.79. The summed E-state index contributed by atoms with van der Waals surface area (Å²) in [5.41, 5.74) is 3.76. The molecule has 3 heteroatoms. The van der Waals surface area contributed by atoms with Crippen LogP contribution in [0.1, 0.15) is 42.1 Å². The summed E-state index contributed by atoms with van der Waals surface area (Å²) in [6.07, 6.45) is 2.18. The molecule has 0 spiro atoms. The normalized spacial score (nSPS) is 18.9. The third kappa shape index (κ3) is 2.65. The van der Waals surface area contributed by atoms with E-state index in [1.54, 1.807) is 12.1 Å². The van der Waals surface area contributed by atoms with Crippen LogP contribution in [0, 0.1) is 5.82 Å². The van der Waals surface area contributed by atoms with Crippen molar-refractivity contribution in [3.8, 4) is 0 Å². The Labute approximate surface area is 127 Å². The Morgan fingerprint density at radius 2 is 2.05 bits per heavy atom. The molecular weight excluding hydrogens is 317 g/mol. The predicted octanol–water partition coefficient (Wildman–Crippen LogP) is 4.93. The molecule has 1 N–H and O–H groups in total. The van der Waals surface area contributed by atoms with Crippen LogP contribution in [0.15, 0.2) is 46.9 Å². The third-order valence-electron chi connectivity index (χ3n) is 4.01. The topological polar surface area (TPSA) is 12.0 Å². The molecular formula is C17H17BrFN. The molecule has 2 aromatic rings. The lowest BCUT2D eigenvalue weighted by molar-refractivity contribution is 0.463. The van der Waals surface area contributed by atoms with Crippen molar-refractivity contribution < 1.29 is 4.39 Å². The first-order valence-electron chi connectivity index (χ1n) is 6.94. The predicted molar refractivity (Wildman–Crippen MR) is 83.2 cm³/mol. The highest BCUT2D eigenvalue weighted by molar-refractivity contribution is 9.10. The molecule has 2 unspecified atom stereocenters. The second-order valence-electron chi connectivity index (χ2n) is 5.34. The Bertz CT molecular complexity index is 626. The standard InChI is InChI=1S/C17H17BrFN/c1-11(12-4-2-5-13(19)10-12)20-17-9-8-14-15(17)6-3-7-16(14)18/h2-7,10-11,17,20H,8-9H2,1H3. The monoisotopic (exact) mass is 333 g/mol. The van der Waals surface area contributed by atoms with Gasteiger partial charge in [0.1, 0.15) is 5.82 Å². The highest BCUT2D eigenvalue weighted by Gasteiger charge is 2.25. The zero-order valence-corrected chi connectivity index (χ0v) is 13.0. The van der Waals surface area contributed by atoms with Crippen LogP contribution in [0.25, 0.3) is 0 Å². The second kappa shape index (κ2) is 5.66. The van der Waals surface area contributed by atoms with Gasteiger partial charge in [0, 0.05) is 16.6 Å². The fraction of sp³-hybridized carbons (Fsp3) is 0.294. The van der Waals surface area contributed by atoms with Gasteiger partial charge in [0.2, 0.25) is 0 Å². The summed E-state index contributed by atoms with van der Waals surface area (Å²) in [4.78, 5) is 0. The SMILES string of the molecule is CC(NC1CCc2c(Br)cccc21)c1cccc(F)c1. The van der Waals surface area contributed by atoms with Crippen LogP contribution in [0.3, 0.4) is 0 Å². The smallest absolute Gasteiger partial charge is 0.123 e. The number of nitrogens with one attached hydrogen (secondary N) is 1. The highest BCUT2D eigenvalue weighted by atomic mass is 79.9. The number of hydrogen-bond donors (Lipinski definition) is 1. The van der Waals surface area contributed by atoms with Crippen molar-refractivity contribution in [3.63, 3.8) is 0 Å². The fourth-order valence-electron chi connectivity index (χ4n) is 2.96. The van der Waals surface area contributed by atoms with E-state index < -0.39 is 0 Å². The molecule has 20 heavy (non-hydrogen) atoms. The molecule has 3 rings (SSSR count). The first-order chi connectivity index (χ1) is 9.65. The molecule has 1 nitrogen and oxygen atoms in total. The van der Waals surface area contributed by atoms with E-state index in [-0.39, 0.29) is 11.9 Å². The minimum atomic E-state index is -0.175. The molecule has 0 radical (unpaired) electrons. The zero-order valence-electron chi connectivity index (χ0n) is 11.4. The van der Waals surface area contributed by atoms with E-state index >= 15 is 0 Å². The molecule has 1 aliphatic rings. The lowest BCUT2D eigenvalue weighted by Crippen LogP contribution is -2.23. The van der Waals surface area contributed by atoms with Crippen LogP contribution in [-0.2, 0) is 6.42 Å². The van der Waals surface area contributed by atoms with Gasteiger partial charge in [-0.15, -0.1) is 0 Å². The summed E-state index contributed by atoms with van der Waals surface area (Å²) in [6, 6.07) is 13.7. The molecule has 0 saturated carbocycles. The maximum Gasteiger partial charge on any atom is 0.123 e. The maximum absolute atomic E-state index is 13.3. The van der Waals surface area contributed by atoms with Gasteiger partial charge in [-0.05, 0) is 54.7 Å². The molecule has 0 bridgehead atoms. The molecule has 0 aromatic heterocycles. The van der Waals surface area contributed by atoms with Crippen LogP contribution in [-0.4, -0.2) is 0 Å². The number of halogens is 2. The van der Waals surface area contributed by atoms with Crippen LogP contribution >= 0.6 is 15.9 Å². The van der Waals surface area contributed by atoms with Gasteiger partial charge in [0.15, 0.2) is 0 Å². The van der Waals surface area contributed by atoms with Gasteiger partial charge < -0.3 is 5.32 Å². The Morgan fingerprint density at radius 1 is 1.25 bits per heavy atom. The van der Waals surface area contributed by atoms with Crippen molar-refractivity contribution in [2.75, 3.05) is 0 Å². The summed E-state index contributed by atoms with van der Waals surface area (Å²) in [6.45, 7) is 2.09. The summed E-state index contributed by atoms with van der Waals surface area (Å²) in [7, 11) is 0. The average Bonchev–Trinajstić information content (AvgIpc) is 2.83. The second-order valence-corrected chi connectivity index (χ2v) is 6.20. The number of hydrogen-bond acceptors (Lipinski definition) is 1. The quantitative estimate of drug-likeness (QED) is 0.839. The van der Waals surface area contributed by atoms with Crippen LogP contribution < -0.4 is 5.32 Å². The van der Waals surface area contributed by atoms with E-state index in [1.807, 2.05) is 6.07 Å². The van der Waals surface area contributed by atoms with Crippen LogP contribution in [0.2, 0.25) is 0 Å². The highest BCUT2D eigenvalue weighted by Crippen LogP contribution is 2.36. The van der Waals surface area contributed by atoms with Gasteiger partial charge in [-0.2, -0.15) is 0 Å². The van der Waals surface area contributed by atoms with Gasteiger partial charge in [0.25, 0.3) is 0 Å². The van der Waals surface area contributed by atoms with E-state index in [0.717, 1.165) is 18.4 Å². The molecule has 2 atom stereocenters. The molecule has 0 aliphatic heterocycles. The lowest BCUT2D eigenvalue weighted by atomic mass is 10.0. The number of fused-ring (bicyclic) bond motifs is 1. The lowest BCUT2D eigenvalue weighted by Gasteiger charge is -2.21. The van der Waals surface area contributed by atoms with Gasteiger partial charge in [-0.25, -0.2) is 4.39 Å².